The van der Waals surface area contributed by atoms with E-state index in [-0.39, 0.29) is 36.0 Å². The van der Waals surface area contributed by atoms with Crippen molar-refractivity contribution in [3.63, 3.8) is 0 Å². The summed E-state index contributed by atoms with van der Waals surface area (Å²) in [7, 11) is 0. The highest BCUT2D eigenvalue weighted by molar-refractivity contribution is 5.78. The molecule has 2 rings (SSSR count). The number of aromatic nitrogens is 2. The number of aliphatic hydroxyl groups excluding tert-OH is 1. The predicted octanol–water partition coefficient (Wildman–Crippen LogP) is -0.729. The predicted molar refractivity (Wildman–Crippen MR) is 72.3 cm³/mol. The Morgan fingerprint density at radius 2 is 2.15 bits per heavy atom. The first kappa shape index (κ1) is 14.5. The standard InChI is InChI=1S/C13H19N3O4/c1-2-10(7-3-9(17)4-7)14-11(18)5-8-6-12(19)15-16-13(8)20/h6-7,9-10,17H,2-5H2,1H3,(H,14,18)(H,15,19)(H,16,20)/t7?,9?,10-/m0/s1. The number of amides is 1. The van der Waals surface area contributed by atoms with Crippen molar-refractivity contribution in [1.82, 2.24) is 15.5 Å². The van der Waals surface area contributed by atoms with E-state index in [0.717, 1.165) is 12.5 Å². The molecule has 20 heavy (non-hydrogen) atoms. The zero-order valence-corrected chi connectivity index (χ0v) is 11.3. The molecule has 4 N–H and O–H groups in total. The molecular formula is C13H19N3O4. The number of aliphatic hydroxyl groups is 1. The van der Waals surface area contributed by atoms with Gasteiger partial charge in [-0.05, 0) is 25.2 Å². The van der Waals surface area contributed by atoms with Crippen LogP contribution >= 0.6 is 0 Å². The third-order valence-corrected chi connectivity index (χ3v) is 3.75. The molecule has 0 aromatic carbocycles. The van der Waals surface area contributed by atoms with Gasteiger partial charge in [-0.1, -0.05) is 6.92 Å². The molecule has 0 saturated heterocycles. The number of rotatable bonds is 5. The van der Waals surface area contributed by atoms with Gasteiger partial charge in [0.2, 0.25) is 5.91 Å². The molecule has 1 aromatic rings. The summed E-state index contributed by atoms with van der Waals surface area (Å²) in [5.74, 6) is 0.00532. The van der Waals surface area contributed by atoms with Crippen LogP contribution in [0, 0.1) is 5.92 Å². The van der Waals surface area contributed by atoms with Crippen LogP contribution in [0.2, 0.25) is 0 Å². The second-order valence-electron chi connectivity index (χ2n) is 5.26. The zero-order chi connectivity index (χ0) is 14.7. The largest absolute Gasteiger partial charge is 0.393 e. The topological polar surface area (TPSA) is 115 Å². The maximum Gasteiger partial charge on any atom is 0.266 e. The number of carbonyl (C=O) groups is 1. The van der Waals surface area contributed by atoms with Crippen molar-refractivity contribution in [3.8, 4) is 0 Å². The molecule has 1 saturated carbocycles. The van der Waals surface area contributed by atoms with Crippen LogP contribution in [0.3, 0.4) is 0 Å². The van der Waals surface area contributed by atoms with Crippen molar-refractivity contribution >= 4 is 5.91 Å². The average Bonchev–Trinajstić information content (AvgIpc) is 2.37. The van der Waals surface area contributed by atoms with Gasteiger partial charge in [0.25, 0.3) is 11.1 Å². The molecule has 1 aliphatic carbocycles. The second-order valence-corrected chi connectivity index (χ2v) is 5.26. The zero-order valence-electron chi connectivity index (χ0n) is 11.3. The Morgan fingerprint density at radius 1 is 1.45 bits per heavy atom. The number of carbonyl (C=O) groups excluding carboxylic acids is 1. The van der Waals surface area contributed by atoms with Gasteiger partial charge < -0.3 is 10.4 Å². The van der Waals surface area contributed by atoms with Crippen molar-refractivity contribution in [3.05, 3.63) is 32.3 Å². The number of aromatic amines is 2. The van der Waals surface area contributed by atoms with Gasteiger partial charge in [0.15, 0.2) is 0 Å². The molecule has 7 heteroatoms. The lowest BCUT2D eigenvalue weighted by molar-refractivity contribution is -0.122. The molecule has 0 radical (unpaired) electrons. The summed E-state index contributed by atoms with van der Waals surface area (Å²) in [4.78, 5) is 34.5. The molecular weight excluding hydrogens is 262 g/mol. The number of hydrogen-bond acceptors (Lipinski definition) is 4. The van der Waals surface area contributed by atoms with Gasteiger partial charge in [-0.3, -0.25) is 24.6 Å². The molecule has 0 bridgehead atoms. The van der Waals surface area contributed by atoms with Crippen LogP contribution in [0.4, 0.5) is 0 Å². The number of hydrogen-bond donors (Lipinski definition) is 4. The van der Waals surface area contributed by atoms with Gasteiger partial charge in [-0.25, -0.2) is 0 Å². The summed E-state index contributed by atoms with van der Waals surface area (Å²) in [6.45, 7) is 1.97. The van der Waals surface area contributed by atoms with E-state index >= 15 is 0 Å². The van der Waals surface area contributed by atoms with E-state index in [1.807, 2.05) is 6.92 Å². The first-order valence-electron chi connectivity index (χ1n) is 6.78. The molecule has 110 valence electrons. The van der Waals surface area contributed by atoms with Crippen molar-refractivity contribution in [2.24, 2.45) is 5.92 Å². The van der Waals surface area contributed by atoms with Crippen LogP contribution in [0.1, 0.15) is 31.7 Å². The van der Waals surface area contributed by atoms with Crippen molar-refractivity contribution in [1.29, 1.82) is 0 Å². The minimum absolute atomic E-state index is 0.00646. The lowest BCUT2D eigenvalue weighted by atomic mass is 9.76. The van der Waals surface area contributed by atoms with Crippen LogP contribution in [0.5, 0.6) is 0 Å². The highest BCUT2D eigenvalue weighted by Crippen LogP contribution is 2.31. The van der Waals surface area contributed by atoms with Gasteiger partial charge in [0.05, 0.1) is 12.5 Å². The third kappa shape index (κ3) is 3.36. The molecule has 7 nitrogen and oxygen atoms in total. The van der Waals surface area contributed by atoms with Gasteiger partial charge in [-0.2, -0.15) is 0 Å². The van der Waals surface area contributed by atoms with E-state index in [2.05, 4.69) is 15.5 Å². The van der Waals surface area contributed by atoms with E-state index in [1.165, 1.54) is 0 Å². The monoisotopic (exact) mass is 281 g/mol. The SMILES string of the molecule is CC[C@H](NC(=O)Cc1cc(=O)[nH][nH]c1=O)C1CC(O)C1. The van der Waals surface area contributed by atoms with Gasteiger partial charge >= 0.3 is 0 Å². The van der Waals surface area contributed by atoms with Crippen molar-refractivity contribution in [2.75, 3.05) is 0 Å². The molecule has 0 unspecified atom stereocenters. The molecule has 0 spiro atoms. The van der Waals surface area contributed by atoms with Crippen molar-refractivity contribution in [2.45, 2.75) is 44.8 Å². The van der Waals surface area contributed by atoms with E-state index in [9.17, 15) is 19.5 Å². The average molecular weight is 281 g/mol. The van der Waals surface area contributed by atoms with Gasteiger partial charge in [0, 0.05) is 17.7 Å². The van der Waals surface area contributed by atoms with E-state index in [4.69, 9.17) is 0 Å². The fourth-order valence-corrected chi connectivity index (χ4v) is 2.53. The van der Waals surface area contributed by atoms with Crippen molar-refractivity contribution < 1.29 is 9.90 Å². The highest BCUT2D eigenvalue weighted by Gasteiger charge is 2.33. The minimum Gasteiger partial charge on any atom is -0.393 e. The maximum atomic E-state index is 11.9. The normalized spacial score (nSPS) is 22.9. The molecule has 1 heterocycles. The fourth-order valence-electron chi connectivity index (χ4n) is 2.53. The third-order valence-electron chi connectivity index (χ3n) is 3.75. The second kappa shape index (κ2) is 6.04. The van der Waals surface area contributed by atoms with Crippen LogP contribution in [-0.4, -0.2) is 33.4 Å². The molecule has 1 aromatic heterocycles. The first-order valence-corrected chi connectivity index (χ1v) is 6.78. The van der Waals surface area contributed by atoms with Crippen LogP contribution in [0.25, 0.3) is 0 Å². The summed E-state index contributed by atoms with van der Waals surface area (Å²) < 4.78 is 0. The lowest BCUT2D eigenvalue weighted by Crippen LogP contribution is -2.47. The Balaban J connectivity index is 1.96. The first-order chi connectivity index (χ1) is 9.49. The smallest absolute Gasteiger partial charge is 0.266 e. The lowest BCUT2D eigenvalue weighted by Gasteiger charge is -2.37. The molecule has 1 aliphatic rings. The Kier molecular flexibility index (Phi) is 4.39. The Hall–Kier alpha value is -1.89. The minimum atomic E-state index is -0.466. The summed E-state index contributed by atoms with van der Waals surface area (Å²) in [5, 5.41) is 16.5. The Labute approximate surface area is 115 Å². The van der Waals surface area contributed by atoms with E-state index < -0.39 is 11.1 Å². The summed E-state index contributed by atoms with van der Waals surface area (Å²) >= 11 is 0. The molecule has 0 aliphatic heterocycles. The van der Waals surface area contributed by atoms with Crippen LogP contribution < -0.4 is 16.4 Å². The number of nitrogens with one attached hydrogen (secondary N) is 3. The Morgan fingerprint density at radius 3 is 2.75 bits per heavy atom. The highest BCUT2D eigenvalue weighted by atomic mass is 16.3. The van der Waals surface area contributed by atoms with E-state index in [1.54, 1.807) is 0 Å². The Bertz CT molecular complexity index is 586. The molecule has 1 atom stereocenters. The van der Waals surface area contributed by atoms with Gasteiger partial charge in [0.1, 0.15) is 0 Å². The molecule has 1 amide bonds. The fraction of sp³-hybridized carbons (Fsp3) is 0.615. The molecule has 1 fully saturated rings. The van der Waals surface area contributed by atoms with Gasteiger partial charge in [-0.15, -0.1) is 0 Å². The summed E-state index contributed by atoms with van der Waals surface area (Å²) in [5.41, 5.74) is -0.761. The van der Waals surface area contributed by atoms with Crippen LogP contribution in [-0.2, 0) is 11.2 Å². The summed E-state index contributed by atoms with van der Waals surface area (Å²) in [6.07, 6.45) is 1.79. The van der Waals surface area contributed by atoms with Crippen LogP contribution in [0.15, 0.2) is 15.7 Å². The quantitative estimate of drug-likeness (QED) is 0.569. The van der Waals surface area contributed by atoms with E-state index in [0.29, 0.717) is 12.8 Å². The summed E-state index contributed by atoms with van der Waals surface area (Å²) in [6, 6.07) is 1.14. The maximum absolute atomic E-state index is 11.9. The number of H-pyrrole nitrogens is 2.